The lowest BCUT2D eigenvalue weighted by molar-refractivity contribution is 0.568. The van der Waals surface area contributed by atoms with Crippen LogP contribution in [0.25, 0.3) is 11.5 Å². The number of thiophene rings is 1. The standard InChI is InChI=1S/C16H17N3OS/c1-10-4-5-13(16-19-18-9-20-16)7-15(10)17-8-14-6-11(2)21-12(14)3/h4-7,9,17H,8H2,1-3H3. The number of aromatic nitrogens is 2. The molecular weight excluding hydrogens is 282 g/mol. The third-order valence-corrected chi connectivity index (χ3v) is 4.47. The second-order valence-corrected chi connectivity index (χ2v) is 6.53. The van der Waals surface area contributed by atoms with Gasteiger partial charge < -0.3 is 9.73 Å². The Labute approximate surface area is 127 Å². The van der Waals surface area contributed by atoms with E-state index in [0.717, 1.165) is 17.8 Å². The molecule has 3 aromatic rings. The molecule has 3 rings (SSSR count). The molecule has 0 aliphatic heterocycles. The van der Waals surface area contributed by atoms with Crippen LogP contribution in [-0.4, -0.2) is 10.2 Å². The van der Waals surface area contributed by atoms with Crippen LogP contribution in [0.5, 0.6) is 0 Å². The van der Waals surface area contributed by atoms with E-state index >= 15 is 0 Å². The molecule has 2 heterocycles. The van der Waals surface area contributed by atoms with Gasteiger partial charge in [0.2, 0.25) is 12.3 Å². The molecule has 0 bridgehead atoms. The molecule has 0 spiro atoms. The summed E-state index contributed by atoms with van der Waals surface area (Å²) in [5.74, 6) is 0.542. The minimum atomic E-state index is 0.542. The Bertz CT molecular complexity index is 747. The van der Waals surface area contributed by atoms with Gasteiger partial charge in [-0.1, -0.05) is 6.07 Å². The molecule has 0 saturated carbocycles. The third-order valence-electron chi connectivity index (χ3n) is 3.46. The smallest absolute Gasteiger partial charge is 0.247 e. The number of nitrogens with zero attached hydrogens (tertiary/aromatic N) is 2. The van der Waals surface area contributed by atoms with Crippen molar-refractivity contribution in [3.8, 4) is 11.5 Å². The van der Waals surface area contributed by atoms with Crippen molar-refractivity contribution in [2.75, 3.05) is 5.32 Å². The summed E-state index contributed by atoms with van der Waals surface area (Å²) < 4.78 is 5.25. The zero-order valence-electron chi connectivity index (χ0n) is 12.3. The number of benzene rings is 1. The van der Waals surface area contributed by atoms with Gasteiger partial charge in [-0.05, 0) is 50.1 Å². The van der Waals surface area contributed by atoms with E-state index in [1.165, 1.54) is 27.3 Å². The maximum absolute atomic E-state index is 5.25. The van der Waals surface area contributed by atoms with Crippen molar-refractivity contribution in [2.45, 2.75) is 27.3 Å². The second-order valence-electron chi connectivity index (χ2n) is 5.07. The first-order valence-electron chi connectivity index (χ1n) is 6.80. The molecule has 2 aromatic heterocycles. The zero-order chi connectivity index (χ0) is 14.8. The van der Waals surface area contributed by atoms with E-state index in [1.54, 1.807) is 0 Å². The Kier molecular flexibility index (Phi) is 3.75. The number of rotatable bonds is 4. The largest absolute Gasteiger partial charge is 0.423 e. The minimum Gasteiger partial charge on any atom is -0.423 e. The van der Waals surface area contributed by atoms with E-state index in [9.17, 15) is 0 Å². The highest BCUT2D eigenvalue weighted by molar-refractivity contribution is 7.12. The molecule has 0 aliphatic carbocycles. The highest BCUT2D eigenvalue weighted by atomic mass is 32.1. The third kappa shape index (κ3) is 2.97. The second kappa shape index (κ2) is 5.69. The van der Waals surface area contributed by atoms with E-state index in [4.69, 9.17) is 4.42 Å². The zero-order valence-corrected chi connectivity index (χ0v) is 13.1. The van der Waals surface area contributed by atoms with Crippen molar-refractivity contribution in [3.63, 3.8) is 0 Å². The summed E-state index contributed by atoms with van der Waals surface area (Å²) in [6, 6.07) is 8.35. The summed E-state index contributed by atoms with van der Waals surface area (Å²) in [5, 5.41) is 11.2. The van der Waals surface area contributed by atoms with Gasteiger partial charge in [0.1, 0.15) is 0 Å². The highest BCUT2D eigenvalue weighted by Crippen LogP contribution is 2.26. The van der Waals surface area contributed by atoms with Crippen LogP contribution in [0.4, 0.5) is 5.69 Å². The van der Waals surface area contributed by atoms with Crippen LogP contribution in [0.3, 0.4) is 0 Å². The maximum atomic E-state index is 5.25. The van der Waals surface area contributed by atoms with Crippen molar-refractivity contribution in [3.05, 3.63) is 51.5 Å². The fourth-order valence-electron chi connectivity index (χ4n) is 2.29. The Morgan fingerprint density at radius 2 is 2.05 bits per heavy atom. The van der Waals surface area contributed by atoms with Gasteiger partial charge in [-0.2, -0.15) is 0 Å². The molecule has 0 fully saturated rings. The first-order chi connectivity index (χ1) is 10.1. The van der Waals surface area contributed by atoms with Crippen LogP contribution in [-0.2, 0) is 6.54 Å². The number of nitrogens with one attached hydrogen (secondary N) is 1. The monoisotopic (exact) mass is 299 g/mol. The van der Waals surface area contributed by atoms with Crippen LogP contribution in [0, 0.1) is 20.8 Å². The number of hydrogen-bond acceptors (Lipinski definition) is 5. The van der Waals surface area contributed by atoms with Crippen LogP contribution >= 0.6 is 11.3 Å². The molecule has 4 nitrogen and oxygen atoms in total. The first kappa shape index (κ1) is 13.8. The fourth-order valence-corrected chi connectivity index (χ4v) is 3.24. The molecule has 0 radical (unpaired) electrons. The van der Waals surface area contributed by atoms with Gasteiger partial charge in [-0.15, -0.1) is 21.5 Å². The molecule has 5 heteroatoms. The summed E-state index contributed by atoms with van der Waals surface area (Å²) in [7, 11) is 0. The summed E-state index contributed by atoms with van der Waals surface area (Å²) in [5.41, 5.74) is 4.57. The van der Waals surface area contributed by atoms with Gasteiger partial charge in [-0.25, -0.2) is 0 Å². The predicted octanol–water partition coefficient (Wildman–Crippen LogP) is 4.34. The summed E-state index contributed by atoms with van der Waals surface area (Å²) in [6.45, 7) is 7.22. The normalized spacial score (nSPS) is 10.8. The molecule has 108 valence electrons. The maximum Gasteiger partial charge on any atom is 0.247 e. The average molecular weight is 299 g/mol. The predicted molar refractivity (Wildman–Crippen MR) is 85.6 cm³/mol. The lowest BCUT2D eigenvalue weighted by Gasteiger charge is -2.10. The molecule has 21 heavy (non-hydrogen) atoms. The SMILES string of the molecule is Cc1cc(CNc2cc(-c3nnco3)ccc2C)c(C)s1. The fraction of sp³-hybridized carbons (Fsp3) is 0.250. The molecule has 0 aliphatic rings. The molecular formula is C16H17N3OS. The van der Waals surface area contributed by atoms with Crippen LogP contribution in [0.15, 0.2) is 35.1 Å². The first-order valence-corrected chi connectivity index (χ1v) is 7.62. The molecule has 1 aromatic carbocycles. The Hall–Kier alpha value is -2.14. The number of aryl methyl sites for hydroxylation is 3. The molecule has 0 amide bonds. The lowest BCUT2D eigenvalue weighted by atomic mass is 10.1. The van der Waals surface area contributed by atoms with Crippen molar-refractivity contribution in [1.82, 2.24) is 10.2 Å². The lowest BCUT2D eigenvalue weighted by Crippen LogP contribution is -2.01. The van der Waals surface area contributed by atoms with Gasteiger partial charge in [0.15, 0.2) is 0 Å². The Morgan fingerprint density at radius 3 is 2.71 bits per heavy atom. The Balaban J connectivity index is 1.82. The number of hydrogen-bond donors (Lipinski definition) is 1. The average Bonchev–Trinajstić information content (AvgIpc) is 3.08. The Morgan fingerprint density at radius 1 is 1.19 bits per heavy atom. The summed E-state index contributed by atoms with van der Waals surface area (Å²) in [4.78, 5) is 2.71. The van der Waals surface area contributed by atoms with E-state index in [0.29, 0.717) is 5.89 Å². The van der Waals surface area contributed by atoms with E-state index in [-0.39, 0.29) is 0 Å². The van der Waals surface area contributed by atoms with Crippen LogP contribution < -0.4 is 5.32 Å². The van der Waals surface area contributed by atoms with Crippen molar-refractivity contribution < 1.29 is 4.42 Å². The quantitative estimate of drug-likeness (QED) is 0.778. The van der Waals surface area contributed by atoms with Gasteiger partial charge in [0.05, 0.1) is 0 Å². The van der Waals surface area contributed by atoms with E-state index < -0.39 is 0 Å². The van der Waals surface area contributed by atoms with Gasteiger partial charge in [0, 0.05) is 27.5 Å². The molecule has 1 N–H and O–H groups in total. The topological polar surface area (TPSA) is 51.0 Å². The minimum absolute atomic E-state index is 0.542. The van der Waals surface area contributed by atoms with Crippen molar-refractivity contribution >= 4 is 17.0 Å². The van der Waals surface area contributed by atoms with Gasteiger partial charge >= 0.3 is 0 Å². The van der Waals surface area contributed by atoms with Gasteiger partial charge in [-0.3, -0.25) is 0 Å². The van der Waals surface area contributed by atoms with Crippen LogP contribution in [0.2, 0.25) is 0 Å². The number of anilines is 1. The highest BCUT2D eigenvalue weighted by Gasteiger charge is 2.08. The van der Waals surface area contributed by atoms with Gasteiger partial charge in [0.25, 0.3) is 0 Å². The van der Waals surface area contributed by atoms with Crippen molar-refractivity contribution in [2.24, 2.45) is 0 Å². The van der Waals surface area contributed by atoms with E-state index in [1.807, 2.05) is 17.4 Å². The van der Waals surface area contributed by atoms with E-state index in [2.05, 4.69) is 54.5 Å². The van der Waals surface area contributed by atoms with Crippen molar-refractivity contribution in [1.29, 1.82) is 0 Å². The van der Waals surface area contributed by atoms with Crippen LogP contribution in [0.1, 0.15) is 20.9 Å². The summed E-state index contributed by atoms with van der Waals surface area (Å²) >= 11 is 1.84. The molecule has 0 saturated heterocycles. The summed E-state index contributed by atoms with van der Waals surface area (Å²) in [6.07, 6.45) is 1.35. The molecule has 0 unspecified atom stereocenters. The molecule has 0 atom stereocenters.